The maximum absolute atomic E-state index is 11.8. The molecule has 0 aliphatic rings. The van der Waals surface area contributed by atoms with Crippen LogP contribution in [0.1, 0.15) is 40.0 Å². The number of amides is 1. The third-order valence-electron chi connectivity index (χ3n) is 3.47. The van der Waals surface area contributed by atoms with Crippen molar-refractivity contribution >= 4 is 11.9 Å². The molecule has 0 aromatic rings. The first kappa shape index (κ1) is 17.6. The van der Waals surface area contributed by atoms with Gasteiger partial charge in [0, 0.05) is 6.54 Å². The largest absolute Gasteiger partial charge is 0.481 e. The summed E-state index contributed by atoms with van der Waals surface area (Å²) in [5.74, 6) is -1.16. The van der Waals surface area contributed by atoms with Crippen LogP contribution in [0.25, 0.3) is 0 Å². The molecule has 0 saturated heterocycles. The van der Waals surface area contributed by atoms with Gasteiger partial charge in [0.05, 0.1) is 12.0 Å². The van der Waals surface area contributed by atoms with Crippen LogP contribution in [0.15, 0.2) is 12.7 Å². The molecule has 0 radical (unpaired) electrons. The lowest BCUT2D eigenvalue weighted by atomic mass is 9.82. The predicted octanol–water partition coefficient (Wildman–Crippen LogP) is 1.97. The Morgan fingerprint density at radius 2 is 2.00 bits per heavy atom. The van der Waals surface area contributed by atoms with Gasteiger partial charge >= 0.3 is 5.97 Å². The van der Waals surface area contributed by atoms with E-state index in [1.165, 1.54) is 0 Å². The summed E-state index contributed by atoms with van der Waals surface area (Å²) < 4.78 is 5.31. The van der Waals surface area contributed by atoms with Crippen LogP contribution in [0.5, 0.6) is 0 Å². The minimum Gasteiger partial charge on any atom is -0.481 e. The van der Waals surface area contributed by atoms with Crippen LogP contribution in [-0.2, 0) is 14.3 Å². The van der Waals surface area contributed by atoms with Crippen molar-refractivity contribution in [2.45, 2.75) is 46.1 Å². The first-order chi connectivity index (χ1) is 8.93. The van der Waals surface area contributed by atoms with Crippen molar-refractivity contribution in [1.82, 2.24) is 5.32 Å². The Kier molecular flexibility index (Phi) is 8.07. The second-order valence-electron chi connectivity index (χ2n) is 4.60. The van der Waals surface area contributed by atoms with Gasteiger partial charge in [0.25, 0.3) is 0 Å². The molecule has 5 heteroatoms. The summed E-state index contributed by atoms with van der Waals surface area (Å²) in [6, 6.07) is 0. The van der Waals surface area contributed by atoms with E-state index in [0.717, 1.165) is 0 Å². The van der Waals surface area contributed by atoms with Gasteiger partial charge in [-0.2, -0.15) is 0 Å². The highest BCUT2D eigenvalue weighted by molar-refractivity contribution is 5.82. The molecule has 0 aliphatic heterocycles. The Hall–Kier alpha value is -1.36. The van der Waals surface area contributed by atoms with Crippen molar-refractivity contribution in [3.8, 4) is 0 Å². The molecule has 0 spiro atoms. The van der Waals surface area contributed by atoms with Crippen LogP contribution in [0, 0.1) is 5.41 Å². The highest BCUT2D eigenvalue weighted by atomic mass is 16.5. The Balaban J connectivity index is 4.32. The quantitative estimate of drug-likeness (QED) is 0.470. The zero-order valence-corrected chi connectivity index (χ0v) is 12.1. The van der Waals surface area contributed by atoms with Gasteiger partial charge in [-0.15, -0.1) is 6.58 Å². The molecule has 0 aliphatic carbocycles. The van der Waals surface area contributed by atoms with Gasteiger partial charge in [-0.25, -0.2) is 0 Å². The minimum atomic E-state index is -0.892. The molecule has 0 saturated carbocycles. The lowest BCUT2D eigenvalue weighted by molar-refractivity contribution is -0.149. The maximum atomic E-state index is 11.8. The average Bonchev–Trinajstić information content (AvgIpc) is 2.40. The van der Waals surface area contributed by atoms with E-state index in [1.54, 1.807) is 13.0 Å². The number of carbonyl (C=O) groups is 2. The number of carbonyl (C=O) groups excluding carboxylic acids is 1. The maximum Gasteiger partial charge on any atom is 0.311 e. The van der Waals surface area contributed by atoms with Gasteiger partial charge in [0.15, 0.2) is 0 Å². The second-order valence-corrected chi connectivity index (χ2v) is 4.60. The van der Waals surface area contributed by atoms with Gasteiger partial charge in [0.1, 0.15) is 6.10 Å². The first-order valence-electron chi connectivity index (χ1n) is 6.67. The lowest BCUT2D eigenvalue weighted by Gasteiger charge is -2.27. The summed E-state index contributed by atoms with van der Waals surface area (Å²) in [5.41, 5.74) is -0.892. The number of ether oxygens (including phenoxy) is 1. The Morgan fingerprint density at radius 1 is 1.42 bits per heavy atom. The van der Waals surface area contributed by atoms with Crippen molar-refractivity contribution in [2.24, 2.45) is 5.41 Å². The van der Waals surface area contributed by atoms with Gasteiger partial charge < -0.3 is 15.2 Å². The van der Waals surface area contributed by atoms with Crippen LogP contribution >= 0.6 is 0 Å². The third-order valence-corrected chi connectivity index (χ3v) is 3.47. The smallest absolute Gasteiger partial charge is 0.311 e. The minimum absolute atomic E-state index is 0.128. The Bertz CT molecular complexity index is 311. The number of carboxylic acids is 1. The molecule has 1 unspecified atom stereocenters. The van der Waals surface area contributed by atoms with E-state index in [4.69, 9.17) is 4.74 Å². The summed E-state index contributed by atoms with van der Waals surface area (Å²) in [7, 11) is 0. The number of rotatable bonds is 10. The van der Waals surface area contributed by atoms with Crippen molar-refractivity contribution < 1.29 is 19.4 Å². The van der Waals surface area contributed by atoms with Gasteiger partial charge in [-0.1, -0.05) is 19.9 Å². The van der Waals surface area contributed by atoms with E-state index >= 15 is 0 Å². The fourth-order valence-corrected chi connectivity index (χ4v) is 1.68. The third kappa shape index (κ3) is 5.42. The molecule has 5 nitrogen and oxygen atoms in total. The van der Waals surface area contributed by atoms with Crippen molar-refractivity contribution in [3.63, 3.8) is 0 Å². The zero-order chi connectivity index (χ0) is 14.9. The molecular weight excluding hydrogens is 246 g/mol. The fraction of sp³-hybridized carbons (Fsp3) is 0.714. The molecule has 0 bridgehead atoms. The number of nitrogens with one attached hydrogen (secondary N) is 1. The van der Waals surface area contributed by atoms with Gasteiger partial charge in [-0.05, 0) is 26.2 Å². The molecular formula is C14H25NO4. The van der Waals surface area contributed by atoms with Crippen molar-refractivity contribution in [3.05, 3.63) is 12.7 Å². The van der Waals surface area contributed by atoms with E-state index in [2.05, 4.69) is 11.9 Å². The van der Waals surface area contributed by atoms with Crippen molar-refractivity contribution in [2.75, 3.05) is 13.2 Å². The van der Waals surface area contributed by atoms with E-state index in [0.29, 0.717) is 25.9 Å². The van der Waals surface area contributed by atoms with Crippen LogP contribution in [0.2, 0.25) is 0 Å². The summed E-state index contributed by atoms with van der Waals surface area (Å²) in [6.45, 7) is 9.41. The molecule has 19 heavy (non-hydrogen) atoms. The molecule has 1 amide bonds. The van der Waals surface area contributed by atoms with Gasteiger partial charge in [0.2, 0.25) is 5.91 Å². The molecule has 0 heterocycles. The number of aliphatic carboxylic acids is 1. The standard InChI is InChI=1S/C14H25NO4/c1-5-8-9-19-11(4)12(16)15-10-14(6-2,7-3)13(17)18/h5,11H,1,6-10H2,2-4H3,(H,15,16)(H,17,18). The zero-order valence-electron chi connectivity index (χ0n) is 12.1. The Morgan fingerprint density at radius 3 is 2.42 bits per heavy atom. The molecule has 0 aromatic heterocycles. The van der Waals surface area contributed by atoms with Crippen molar-refractivity contribution in [1.29, 1.82) is 0 Å². The SMILES string of the molecule is C=CCCOC(C)C(=O)NCC(CC)(CC)C(=O)O. The molecule has 0 rings (SSSR count). The predicted molar refractivity (Wildman–Crippen MR) is 73.9 cm³/mol. The topological polar surface area (TPSA) is 75.6 Å². The fourth-order valence-electron chi connectivity index (χ4n) is 1.68. The number of hydrogen-bond donors (Lipinski definition) is 2. The number of carboxylic acid groups (broad SMARTS) is 1. The van der Waals surface area contributed by atoms with Crippen LogP contribution in [-0.4, -0.2) is 36.2 Å². The first-order valence-corrected chi connectivity index (χ1v) is 6.67. The summed E-state index contributed by atoms with van der Waals surface area (Å²) in [5, 5.41) is 11.9. The molecule has 0 aromatic carbocycles. The molecule has 0 fully saturated rings. The number of hydrogen-bond acceptors (Lipinski definition) is 3. The van der Waals surface area contributed by atoms with Crippen LogP contribution < -0.4 is 5.32 Å². The molecule has 1 atom stereocenters. The van der Waals surface area contributed by atoms with Crippen LogP contribution in [0.4, 0.5) is 0 Å². The normalized spacial score (nSPS) is 12.8. The molecule has 110 valence electrons. The molecule has 2 N–H and O–H groups in total. The Labute approximate surface area is 115 Å². The monoisotopic (exact) mass is 271 g/mol. The highest BCUT2D eigenvalue weighted by Gasteiger charge is 2.35. The van der Waals surface area contributed by atoms with E-state index < -0.39 is 17.5 Å². The van der Waals surface area contributed by atoms with E-state index in [-0.39, 0.29) is 12.5 Å². The van der Waals surface area contributed by atoms with Crippen LogP contribution in [0.3, 0.4) is 0 Å². The van der Waals surface area contributed by atoms with E-state index in [1.807, 2.05) is 13.8 Å². The summed E-state index contributed by atoms with van der Waals surface area (Å²) >= 11 is 0. The second kappa shape index (κ2) is 8.69. The lowest BCUT2D eigenvalue weighted by Crippen LogP contribution is -2.45. The highest BCUT2D eigenvalue weighted by Crippen LogP contribution is 2.25. The summed E-state index contributed by atoms with van der Waals surface area (Å²) in [4.78, 5) is 23.1. The summed E-state index contributed by atoms with van der Waals surface area (Å²) in [6.07, 6.45) is 2.77. The average molecular weight is 271 g/mol. The van der Waals surface area contributed by atoms with E-state index in [9.17, 15) is 14.7 Å². The van der Waals surface area contributed by atoms with Gasteiger partial charge in [-0.3, -0.25) is 9.59 Å².